The maximum atomic E-state index is 13.4. The molecule has 1 aromatic heterocycles. The normalized spacial score (nSPS) is 23.1. The summed E-state index contributed by atoms with van der Waals surface area (Å²) in [6, 6.07) is 29.3. The molecule has 2 aliphatic heterocycles. The van der Waals surface area contributed by atoms with E-state index in [-0.39, 0.29) is 5.41 Å². The summed E-state index contributed by atoms with van der Waals surface area (Å²) in [5, 5.41) is 0. The van der Waals surface area contributed by atoms with Gasteiger partial charge in [-0.3, -0.25) is 4.90 Å². The molecular weight excluding hydrogens is 516 g/mol. The Morgan fingerprint density at radius 3 is 2.15 bits per heavy atom. The van der Waals surface area contributed by atoms with Crippen molar-refractivity contribution < 1.29 is 8.42 Å². The summed E-state index contributed by atoms with van der Waals surface area (Å²) in [6.07, 6.45) is 5.65. The molecule has 0 aliphatic carbocycles. The predicted octanol–water partition coefficient (Wildman–Crippen LogP) is 6.18. The largest absolute Gasteiger partial charge is 0.325 e. The van der Waals surface area contributed by atoms with Gasteiger partial charge in [-0.1, -0.05) is 67.6 Å². The van der Waals surface area contributed by atoms with Crippen molar-refractivity contribution >= 4 is 21.1 Å². The summed E-state index contributed by atoms with van der Waals surface area (Å²) >= 11 is 0. The van der Waals surface area contributed by atoms with Gasteiger partial charge in [0.15, 0.2) is 0 Å². The van der Waals surface area contributed by atoms with Gasteiger partial charge in [0.05, 0.1) is 15.9 Å². The molecule has 4 atom stereocenters. The van der Waals surface area contributed by atoms with Crippen LogP contribution in [0.3, 0.4) is 0 Å². The molecule has 6 rings (SSSR count). The first-order valence-corrected chi connectivity index (χ1v) is 16.0. The van der Waals surface area contributed by atoms with E-state index in [1.165, 1.54) is 23.9 Å². The van der Waals surface area contributed by atoms with Gasteiger partial charge in [-0.05, 0) is 75.4 Å². The third-order valence-corrected chi connectivity index (χ3v) is 11.2. The van der Waals surface area contributed by atoms with Gasteiger partial charge in [-0.2, -0.15) is 0 Å². The van der Waals surface area contributed by atoms with Crippen LogP contribution in [-0.2, 0) is 15.4 Å². The highest BCUT2D eigenvalue weighted by atomic mass is 32.2. The lowest BCUT2D eigenvalue weighted by molar-refractivity contribution is 0.0966. The molecule has 2 aliphatic rings. The van der Waals surface area contributed by atoms with Crippen LogP contribution in [0.2, 0.25) is 0 Å². The molecule has 3 aromatic carbocycles. The summed E-state index contributed by atoms with van der Waals surface area (Å²) in [4.78, 5) is 7.92. The van der Waals surface area contributed by atoms with Crippen LogP contribution in [-0.4, -0.2) is 59.4 Å². The standard InChI is InChI=1S/C33H40N4O2S/c1-25-34-31-16-10-11-17-32(31)37(25)29-22-27-18-19-28(23-29)36(27)21-20-33(2,26-12-6-4-7-13-26)24-35(3)40(38,39)30-14-8-5-9-15-30/h4-17,27-29H,18-24H2,1-3H3/t27-,28+,29+,33?. The van der Waals surface area contributed by atoms with E-state index >= 15 is 0 Å². The second kappa shape index (κ2) is 10.8. The van der Waals surface area contributed by atoms with Crippen LogP contribution in [0.15, 0.2) is 89.8 Å². The molecular formula is C33H40N4O2S. The molecule has 40 heavy (non-hydrogen) atoms. The number of likely N-dealkylation sites (N-methyl/N-ethyl adjacent to an activating group) is 1. The van der Waals surface area contributed by atoms with Crippen LogP contribution >= 0.6 is 0 Å². The molecule has 0 radical (unpaired) electrons. The van der Waals surface area contributed by atoms with Gasteiger partial charge >= 0.3 is 0 Å². The Balaban J connectivity index is 1.20. The summed E-state index contributed by atoms with van der Waals surface area (Å²) in [7, 11) is -1.86. The minimum Gasteiger partial charge on any atom is -0.325 e. The number of aryl methyl sites for hydroxylation is 1. The zero-order chi connectivity index (χ0) is 27.9. The van der Waals surface area contributed by atoms with Gasteiger partial charge in [0.25, 0.3) is 0 Å². The van der Waals surface area contributed by atoms with Crippen molar-refractivity contribution in [3.8, 4) is 0 Å². The topological polar surface area (TPSA) is 58.4 Å². The van der Waals surface area contributed by atoms with E-state index in [4.69, 9.17) is 4.98 Å². The Morgan fingerprint density at radius 2 is 1.48 bits per heavy atom. The fourth-order valence-corrected chi connectivity index (χ4v) is 8.64. The zero-order valence-corrected chi connectivity index (χ0v) is 24.6. The number of fused-ring (bicyclic) bond motifs is 3. The van der Waals surface area contributed by atoms with Crippen LogP contribution in [0.4, 0.5) is 0 Å². The Hall–Kier alpha value is -3.00. The van der Waals surface area contributed by atoms with Crippen LogP contribution in [0.25, 0.3) is 11.0 Å². The van der Waals surface area contributed by atoms with Gasteiger partial charge in [0.2, 0.25) is 10.0 Å². The quantitative estimate of drug-likeness (QED) is 0.247. The minimum absolute atomic E-state index is 0.314. The number of piperidine rings is 1. The van der Waals surface area contributed by atoms with Gasteiger partial charge < -0.3 is 4.57 Å². The van der Waals surface area contributed by atoms with E-state index in [1.807, 2.05) is 12.1 Å². The molecule has 0 amide bonds. The van der Waals surface area contributed by atoms with Crippen molar-refractivity contribution in [2.45, 2.75) is 74.4 Å². The maximum absolute atomic E-state index is 13.4. The molecule has 2 fully saturated rings. The Labute approximate surface area is 238 Å². The molecule has 0 saturated carbocycles. The van der Waals surface area contributed by atoms with E-state index in [2.05, 4.69) is 71.8 Å². The van der Waals surface area contributed by atoms with Gasteiger partial charge in [-0.25, -0.2) is 17.7 Å². The van der Waals surface area contributed by atoms with E-state index in [9.17, 15) is 8.42 Å². The smallest absolute Gasteiger partial charge is 0.242 e. The summed E-state index contributed by atoms with van der Waals surface area (Å²) in [6.45, 7) is 5.77. The average molecular weight is 557 g/mol. The number of imidazole rings is 1. The van der Waals surface area contributed by atoms with Crippen molar-refractivity contribution in [3.05, 3.63) is 96.3 Å². The first-order valence-electron chi connectivity index (χ1n) is 14.5. The van der Waals surface area contributed by atoms with Crippen LogP contribution in [0.1, 0.15) is 56.5 Å². The number of sulfonamides is 1. The molecule has 2 saturated heterocycles. The van der Waals surface area contributed by atoms with Crippen molar-refractivity contribution in [2.75, 3.05) is 20.1 Å². The molecule has 1 unspecified atom stereocenters. The van der Waals surface area contributed by atoms with Crippen molar-refractivity contribution in [3.63, 3.8) is 0 Å². The number of hydrogen-bond acceptors (Lipinski definition) is 4. The minimum atomic E-state index is -3.58. The number of benzene rings is 3. The highest BCUT2D eigenvalue weighted by Crippen LogP contribution is 2.43. The Kier molecular flexibility index (Phi) is 7.32. The van der Waals surface area contributed by atoms with E-state index < -0.39 is 10.0 Å². The molecule has 0 spiro atoms. The monoisotopic (exact) mass is 556 g/mol. The van der Waals surface area contributed by atoms with Gasteiger partial charge in [0.1, 0.15) is 5.82 Å². The van der Waals surface area contributed by atoms with Crippen molar-refractivity contribution in [2.24, 2.45) is 0 Å². The summed E-state index contributed by atoms with van der Waals surface area (Å²) in [5.74, 6) is 1.11. The number of rotatable bonds is 9. The molecule has 210 valence electrons. The van der Waals surface area contributed by atoms with E-state index in [1.54, 1.807) is 35.6 Å². The Bertz CT molecular complexity index is 1560. The molecule has 6 nitrogen and oxygen atoms in total. The first-order chi connectivity index (χ1) is 19.3. The lowest BCUT2D eigenvalue weighted by Crippen LogP contribution is -2.47. The van der Waals surface area contributed by atoms with E-state index in [0.29, 0.717) is 29.6 Å². The number of para-hydroxylation sites is 2. The fraction of sp³-hybridized carbons (Fsp3) is 0.424. The number of aromatic nitrogens is 2. The lowest BCUT2D eigenvalue weighted by Gasteiger charge is -2.42. The first kappa shape index (κ1) is 27.2. The SMILES string of the molecule is Cc1nc2ccccc2n1[C@H]1C[C@H]2CC[C@@H](C1)N2CCC(C)(CN(C)S(=O)(=O)c1ccccc1)c1ccccc1. The second-order valence-corrected chi connectivity index (χ2v) is 14.1. The highest BCUT2D eigenvalue weighted by molar-refractivity contribution is 7.89. The van der Waals surface area contributed by atoms with Crippen molar-refractivity contribution in [1.29, 1.82) is 0 Å². The molecule has 0 N–H and O–H groups in total. The molecule has 7 heteroatoms. The van der Waals surface area contributed by atoms with Crippen molar-refractivity contribution in [1.82, 2.24) is 18.8 Å². The molecule has 2 bridgehead atoms. The van der Waals surface area contributed by atoms with E-state index in [0.717, 1.165) is 37.1 Å². The van der Waals surface area contributed by atoms with Crippen LogP contribution < -0.4 is 0 Å². The molecule has 4 aromatic rings. The lowest BCUT2D eigenvalue weighted by atomic mass is 9.79. The fourth-order valence-electron chi connectivity index (χ4n) is 7.33. The van der Waals surface area contributed by atoms with Gasteiger partial charge in [0, 0.05) is 37.1 Å². The van der Waals surface area contributed by atoms with Gasteiger partial charge in [-0.15, -0.1) is 0 Å². The van der Waals surface area contributed by atoms with Crippen LogP contribution in [0.5, 0.6) is 0 Å². The summed E-state index contributed by atoms with van der Waals surface area (Å²) in [5.41, 5.74) is 3.21. The summed E-state index contributed by atoms with van der Waals surface area (Å²) < 4.78 is 30.9. The highest BCUT2D eigenvalue weighted by Gasteiger charge is 2.43. The zero-order valence-electron chi connectivity index (χ0n) is 23.8. The third-order valence-electron chi connectivity index (χ3n) is 9.41. The number of nitrogens with zero attached hydrogens (tertiary/aromatic N) is 4. The molecule has 3 heterocycles. The number of hydrogen-bond donors (Lipinski definition) is 0. The second-order valence-electron chi connectivity index (χ2n) is 12.0. The predicted molar refractivity (Wildman–Crippen MR) is 161 cm³/mol. The average Bonchev–Trinajstić information content (AvgIpc) is 3.43. The Morgan fingerprint density at radius 1 is 0.875 bits per heavy atom. The third kappa shape index (κ3) is 5.00. The maximum Gasteiger partial charge on any atom is 0.242 e. The van der Waals surface area contributed by atoms with Crippen LogP contribution in [0, 0.1) is 6.92 Å².